The molecular weight excluding hydrogens is 404 g/mol. The van der Waals surface area contributed by atoms with Crippen LogP contribution >= 0.6 is 23.1 Å². The molecule has 0 aromatic carbocycles. The summed E-state index contributed by atoms with van der Waals surface area (Å²) in [6, 6.07) is 7.20. The van der Waals surface area contributed by atoms with Crippen LogP contribution in [0.3, 0.4) is 0 Å². The largest absolute Gasteiger partial charge is 0.419 e. The minimum Gasteiger partial charge on any atom is -0.419 e. The molecule has 1 atom stereocenters. The fourth-order valence-corrected chi connectivity index (χ4v) is 5.72. The zero-order chi connectivity index (χ0) is 18.9. The van der Waals surface area contributed by atoms with Gasteiger partial charge in [0.15, 0.2) is 0 Å². The molecule has 4 rings (SSSR count). The lowest BCUT2D eigenvalue weighted by molar-refractivity contribution is 0.477. The lowest BCUT2D eigenvalue weighted by Crippen LogP contribution is -2.27. The molecule has 10 heteroatoms. The monoisotopic (exact) mass is 422 g/mol. The predicted octanol–water partition coefficient (Wildman–Crippen LogP) is 3.83. The highest BCUT2D eigenvalue weighted by Gasteiger charge is 2.27. The number of sulfonamides is 1. The molecule has 1 fully saturated rings. The van der Waals surface area contributed by atoms with E-state index < -0.39 is 10.0 Å². The summed E-state index contributed by atoms with van der Waals surface area (Å²) in [7, 11) is -3.44. The zero-order valence-corrected chi connectivity index (χ0v) is 17.1. The van der Waals surface area contributed by atoms with Crippen molar-refractivity contribution >= 4 is 33.1 Å². The lowest BCUT2D eigenvalue weighted by atomic mass is 10.4. The van der Waals surface area contributed by atoms with Crippen LogP contribution in [0.15, 0.2) is 50.2 Å². The Labute approximate surface area is 165 Å². The maximum Gasteiger partial charge on any atom is 0.257 e. The normalized spacial score (nSPS) is 16.6. The van der Waals surface area contributed by atoms with E-state index in [4.69, 9.17) is 4.42 Å². The van der Waals surface area contributed by atoms with E-state index in [0.29, 0.717) is 29.9 Å². The second-order valence-corrected chi connectivity index (χ2v) is 10.4. The highest BCUT2D eigenvalue weighted by atomic mass is 32.2. The molecule has 0 amide bonds. The van der Waals surface area contributed by atoms with Crippen LogP contribution in [0, 0.1) is 0 Å². The molecule has 0 radical (unpaired) electrons. The molecule has 4 heterocycles. The Morgan fingerprint density at radius 2 is 2.04 bits per heavy atom. The van der Waals surface area contributed by atoms with Crippen LogP contribution < -0.4 is 0 Å². The second-order valence-electron chi connectivity index (χ2n) is 6.13. The molecule has 3 aromatic heterocycles. The highest BCUT2D eigenvalue weighted by molar-refractivity contribution is 7.99. The number of rotatable bonds is 6. The summed E-state index contributed by atoms with van der Waals surface area (Å²) in [4.78, 5) is 5.47. The first-order valence-corrected chi connectivity index (χ1v) is 11.7. The number of hydrogen-bond acceptors (Lipinski definition) is 8. The van der Waals surface area contributed by atoms with Gasteiger partial charge >= 0.3 is 0 Å². The maximum absolute atomic E-state index is 12.6. The molecule has 0 aliphatic carbocycles. The van der Waals surface area contributed by atoms with Crippen LogP contribution in [0.1, 0.15) is 30.9 Å². The summed E-state index contributed by atoms with van der Waals surface area (Å²) in [6.07, 6.45) is 3.25. The Morgan fingerprint density at radius 3 is 2.70 bits per heavy atom. The molecule has 0 spiro atoms. The van der Waals surface area contributed by atoms with Crippen molar-refractivity contribution in [2.45, 2.75) is 34.9 Å². The van der Waals surface area contributed by atoms with Gasteiger partial charge in [0.1, 0.15) is 4.90 Å². The van der Waals surface area contributed by atoms with E-state index in [-0.39, 0.29) is 10.1 Å². The van der Waals surface area contributed by atoms with Crippen molar-refractivity contribution in [2.75, 3.05) is 13.1 Å². The molecule has 0 unspecified atom stereocenters. The first-order valence-electron chi connectivity index (χ1n) is 8.54. The smallest absolute Gasteiger partial charge is 0.257 e. The quantitative estimate of drug-likeness (QED) is 0.558. The summed E-state index contributed by atoms with van der Waals surface area (Å²) in [5.41, 5.74) is 0. The summed E-state index contributed by atoms with van der Waals surface area (Å²) >= 11 is 2.99. The van der Waals surface area contributed by atoms with Crippen molar-refractivity contribution in [3.63, 3.8) is 0 Å². The molecule has 142 valence electrons. The first kappa shape index (κ1) is 18.6. The van der Waals surface area contributed by atoms with Gasteiger partial charge in [0.2, 0.25) is 15.9 Å². The molecule has 1 aliphatic rings. The van der Waals surface area contributed by atoms with Crippen molar-refractivity contribution in [1.29, 1.82) is 0 Å². The van der Waals surface area contributed by atoms with Gasteiger partial charge in [-0.2, -0.15) is 4.31 Å². The van der Waals surface area contributed by atoms with Gasteiger partial charge in [0, 0.05) is 19.3 Å². The van der Waals surface area contributed by atoms with Crippen LogP contribution in [0.5, 0.6) is 0 Å². The fourth-order valence-electron chi connectivity index (χ4n) is 2.80. The van der Waals surface area contributed by atoms with E-state index in [9.17, 15) is 8.42 Å². The molecule has 3 aromatic rings. The van der Waals surface area contributed by atoms with Gasteiger partial charge in [0.25, 0.3) is 5.89 Å². The first-order chi connectivity index (χ1) is 13.0. The van der Waals surface area contributed by atoms with E-state index in [2.05, 4.69) is 15.2 Å². The van der Waals surface area contributed by atoms with Gasteiger partial charge in [-0.1, -0.05) is 17.8 Å². The van der Waals surface area contributed by atoms with E-state index in [1.54, 1.807) is 23.5 Å². The van der Waals surface area contributed by atoms with Gasteiger partial charge in [-0.05, 0) is 43.3 Å². The van der Waals surface area contributed by atoms with Gasteiger partial charge < -0.3 is 4.42 Å². The van der Waals surface area contributed by atoms with Crippen LogP contribution in [0.2, 0.25) is 0 Å². The Morgan fingerprint density at radius 1 is 1.22 bits per heavy atom. The Bertz CT molecular complexity index is 994. The average molecular weight is 423 g/mol. The molecule has 1 saturated heterocycles. The third-order valence-corrected chi connectivity index (χ3v) is 8.01. The van der Waals surface area contributed by atoms with Crippen molar-refractivity contribution < 1.29 is 12.8 Å². The van der Waals surface area contributed by atoms with Crippen molar-refractivity contribution in [3.8, 4) is 10.8 Å². The number of thiophene rings is 1. The van der Waals surface area contributed by atoms with Crippen molar-refractivity contribution in [1.82, 2.24) is 19.5 Å². The Balaban J connectivity index is 1.45. The minimum atomic E-state index is -3.44. The van der Waals surface area contributed by atoms with Crippen molar-refractivity contribution in [2.24, 2.45) is 0 Å². The predicted molar refractivity (Wildman–Crippen MR) is 104 cm³/mol. The molecular formula is C17H18N4O3S3. The van der Waals surface area contributed by atoms with Crippen LogP contribution in [0.4, 0.5) is 0 Å². The number of nitrogens with zero attached hydrogens (tertiary/aromatic N) is 4. The van der Waals surface area contributed by atoms with Crippen LogP contribution in [-0.2, 0) is 10.0 Å². The zero-order valence-electron chi connectivity index (χ0n) is 14.6. The number of hydrogen-bond donors (Lipinski definition) is 0. The molecule has 7 nitrogen and oxygen atoms in total. The lowest BCUT2D eigenvalue weighted by Gasteiger charge is -2.15. The standard InChI is InChI=1S/C17H18N4O3S3/c1-12(16-19-20-17(24-16)14-5-4-10-25-14)26-15-7-6-13(11-18-15)27(22,23)21-8-2-3-9-21/h4-7,10-12H,2-3,8-9H2,1H3/t12-/m1/s1. The fraction of sp³-hybridized carbons (Fsp3) is 0.353. The second kappa shape index (κ2) is 7.70. The molecule has 0 saturated carbocycles. The Hall–Kier alpha value is -1.75. The van der Waals surface area contributed by atoms with Gasteiger partial charge in [0.05, 0.1) is 15.2 Å². The third-order valence-electron chi connectivity index (χ3n) is 4.23. The van der Waals surface area contributed by atoms with Gasteiger partial charge in [-0.25, -0.2) is 13.4 Å². The van der Waals surface area contributed by atoms with E-state index in [1.165, 1.54) is 22.3 Å². The number of pyridine rings is 1. The number of aromatic nitrogens is 3. The minimum absolute atomic E-state index is 0.0975. The summed E-state index contributed by atoms with van der Waals surface area (Å²) in [6.45, 7) is 3.12. The van der Waals surface area contributed by atoms with Crippen molar-refractivity contribution in [3.05, 3.63) is 41.7 Å². The van der Waals surface area contributed by atoms with E-state index >= 15 is 0 Å². The SMILES string of the molecule is C[C@@H](Sc1ccc(S(=O)(=O)N2CCCC2)cn1)c1nnc(-c2cccs2)o1. The number of thioether (sulfide) groups is 1. The third kappa shape index (κ3) is 3.93. The van der Waals surface area contributed by atoms with Crippen LogP contribution in [-0.4, -0.2) is 41.0 Å². The molecule has 27 heavy (non-hydrogen) atoms. The topological polar surface area (TPSA) is 89.2 Å². The van der Waals surface area contributed by atoms with Gasteiger partial charge in [-0.3, -0.25) is 0 Å². The highest BCUT2D eigenvalue weighted by Crippen LogP contribution is 2.35. The van der Waals surface area contributed by atoms with E-state index in [0.717, 1.165) is 17.7 Å². The van der Waals surface area contributed by atoms with Gasteiger partial charge in [-0.15, -0.1) is 21.5 Å². The summed E-state index contributed by atoms with van der Waals surface area (Å²) in [5, 5.41) is 10.8. The molecule has 0 N–H and O–H groups in total. The maximum atomic E-state index is 12.6. The average Bonchev–Trinajstić information content (AvgIpc) is 3.44. The summed E-state index contributed by atoms with van der Waals surface area (Å²) < 4.78 is 32.4. The van der Waals surface area contributed by atoms with E-state index in [1.807, 2.05) is 24.4 Å². The Kier molecular flexibility index (Phi) is 5.31. The molecule has 0 bridgehead atoms. The molecule has 1 aliphatic heterocycles. The van der Waals surface area contributed by atoms with Crippen LogP contribution in [0.25, 0.3) is 10.8 Å². The summed E-state index contributed by atoms with van der Waals surface area (Å²) in [5.74, 6) is 1.02.